The molecule has 0 bridgehead atoms. The SMILES string of the molecule is CC1=C(C)C(SCC(=O)Nc2ccc(C(N)=O)cn2)N(Cc2ccc(O)cc2)C1=O. The molecule has 1 aromatic carbocycles. The maximum Gasteiger partial charge on any atom is 0.251 e. The van der Waals surface area contributed by atoms with Crippen LogP contribution in [0.2, 0.25) is 0 Å². The molecule has 2 aromatic rings. The maximum atomic E-state index is 12.7. The van der Waals surface area contributed by atoms with Crippen molar-refractivity contribution in [2.24, 2.45) is 5.73 Å². The Labute approximate surface area is 178 Å². The Hall–Kier alpha value is -3.33. The molecule has 0 saturated carbocycles. The van der Waals surface area contributed by atoms with Crippen LogP contribution in [-0.2, 0) is 16.1 Å². The van der Waals surface area contributed by atoms with Crippen LogP contribution in [-0.4, -0.2) is 43.8 Å². The number of rotatable bonds is 7. The van der Waals surface area contributed by atoms with Crippen molar-refractivity contribution in [3.05, 3.63) is 64.9 Å². The third-order valence-electron chi connectivity index (χ3n) is 4.80. The predicted molar refractivity (Wildman–Crippen MR) is 115 cm³/mol. The van der Waals surface area contributed by atoms with E-state index in [0.29, 0.717) is 17.9 Å². The molecule has 2 heterocycles. The number of thioether (sulfide) groups is 1. The topological polar surface area (TPSA) is 126 Å². The molecule has 4 N–H and O–H groups in total. The number of hydrogen-bond acceptors (Lipinski definition) is 6. The van der Waals surface area contributed by atoms with Gasteiger partial charge in [0.2, 0.25) is 11.8 Å². The zero-order valence-corrected chi connectivity index (χ0v) is 17.4. The highest BCUT2D eigenvalue weighted by Gasteiger charge is 2.35. The summed E-state index contributed by atoms with van der Waals surface area (Å²) >= 11 is 1.35. The number of anilines is 1. The summed E-state index contributed by atoms with van der Waals surface area (Å²) in [5, 5.41) is 11.9. The number of phenols is 1. The van der Waals surface area contributed by atoms with Gasteiger partial charge in [0.1, 0.15) is 16.9 Å². The Kier molecular flexibility index (Phi) is 6.41. The van der Waals surface area contributed by atoms with Crippen LogP contribution < -0.4 is 11.1 Å². The van der Waals surface area contributed by atoms with Gasteiger partial charge in [-0.05, 0) is 49.2 Å². The van der Waals surface area contributed by atoms with Crippen molar-refractivity contribution in [3.8, 4) is 5.75 Å². The Balaban J connectivity index is 1.63. The van der Waals surface area contributed by atoms with Crippen molar-refractivity contribution in [1.29, 1.82) is 0 Å². The summed E-state index contributed by atoms with van der Waals surface area (Å²) in [7, 11) is 0. The summed E-state index contributed by atoms with van der Waals surface area (Å²) in [6.07, 6.45) is 1.30. The van der Waals surface area contributed by atoms with E-state index in [2.05, 4.69) is 10.3 Å². The lowest BCUT2D eigenvalue weighted by atomic mass is 10.2. The number of phenolic OH excluding ortho intramolecular Hbond substituents is 1. The second-order valence-electron chi connectivity index (χ2n) is 6.92. The fourth-order valence-corrected chi connectivity index (χ4v) is 4.18. The number of aromatic hydroxyl groups is 1. The van der Waals surface area contributed by atoms with Crippen LogP contribution in [0.1, 0.15) is 29.8 Å². The number of primary amides is 1. The summed E-state index contributed by atoms with van der Waals surface area (Å²) in [5.41, 5.74) is 7.91. The van der Waals surface area contributed by atoms with Crippen LogP contribution in [0.4, 0.5) is 5.82 Å². The molecular weight excluding hydrogens is 404 g/mol. The van der Waals surface area contributed by atoms with Gasteiger partial charge in [0.25, 0.3) is 5.91 Å². The molecule has 3 amide bonds. The van der Waals surface area contributed by atoms with Crippen molar-refractivity contribution in [1.82, 2.24) is 9.88 Å². The third kappa shape index (κ3) is 4.80. The Morgan fingerprint density at radius 2 is 1.90 bits per heavy atom. The van der Waals surface area contributed by atoms with Gasteiger partial charge >= 0.3 is 0 Å². The van der Waals surface area contributed by atoms with E-state index in [-0.39, 0.29) is 34.3 Å². The lowest BCUT2D eigenvalue weighted by Gasteiger charge is -2.26. The monoisotopic (exact) mass is 426 g/mol. The number of benzene rings is 1. The van der Waals surface area contributed by atoms with Crippen LogP contribution in [0, 0.1) is 0 Å². The molecule has 9 heteroatoms. The fraction of sp³-hybridized carbons (Fsp3) is 0.238. The van der Waals surface area contributed by atoms with Crippen LogP contribution in [0.3, 0.4) is 0 Å². The number of amides is 3. The zero-order valence-electron chi connectivity index (χ0n) is 16.6. The second-order valence-corrected chi connectivity index (χ2v) is 7.98. The van der Waals surface area contributed by atoms with Crippen LogP contribution >= 0.6 is 11.8 Å². The molecule has 1 aliphatic rings. The lowest BCUT2D eigenvalue weighted by Crippen LogP contribution is -2.34. The average molecular weight is 426 g/mol. The Bertz CT molecular complexity index is 1000. The van der Waals surface area contributed by atoms with E-state index >= 15 is 0 Å². The first-order chi connectivity index (χ1) is 14.3. The van der Waals surface area contributed by atoms with E-state index < -0.39 is 5.91 Å². The van der Waals surface area contributed by atoms with Gasteiger partial charge in [-0.15, -0.1) is 11.8 Å². The number of carbonyl (C=O) groups excluding carboxylic acids is 3. The first-order valence-electron chi connectivity index (χ1n) is 9.20. The summed E-state index contributed by atoms with van der Waals surface area (Å²) in [4.78, 5) is 41.8. The quantitative estimate of drug-likeness (QED) is 0.624. The molecule has 30 heavy (non-hydrogen) atoms. The molecule has 0 saturated heterocycles. The van der Waals surface area contributed by atoms with Crippen molar-refractivity contribution in [3.63, 3.8) is 0 Å². The van der Waals surface area contributed by atoms with E-state index in [1.54, 1.807) is 36.1 Å². The largest absolute Gasteiger partial charge is 0.508 e. The molecule has 156 valence electrons. The first kappa shape index (κ1) is 21.4. The molecule has 0 fully saturated rings. The molecule has 0 radical (unpaired) electrons. The third-order valence-corrected chi connectivity index (χ3v) is 6.16. The molecule has 1 unspecified atom stereocenters. The van der Waals surface area contributed by atoms with Gasteiger partial charge in [0.15, 0.2) is 0 Å². The smallest absolute Gasteiger partial charge is 0.251 e. The van der Waals surface area contributed by atoms with Gasteiger partial charge in [-0.2, -0.15) is 0 Å². The van der Waals surface area contributed by atoms with E-state index in [9.17, 15) is 19.5 Å². The van der Waals surface area contributed by atoms with Gasteiger partial charge in [-0.3, -0.25) is 14.4 Å². The van der Waals surface area contributed by atoms with Crippen LogP contribution in [0.15, 0.2) is 53.7 Å². The van der Waals surface area contributed by atoms with Crippen LogP contribution in [0.5, 0.6) is 5.75 Å². The summed E-state index contributed by atoms with van der Waals surface area (Å²) < 4.78 is 0. The lowest BCUT2D eigenvalue weighted by molar-refractivity contribution is -0.126. The molecular formula is C21H22N4O4S. The summed E-state index contributed by atoms with van der Waals surface area (Å²) in [6, 6.07) is 9.69. The number of nitrogens with two attached hydrogens (primary N) is 1. The van der Waals surface area contributed by atoms with E-state index in [1.807, 2.05) is 6.92 Å². The predicted octanol–water partition coefficient (Wildman–Crippen LogP) is 2.26. The fourth-order valence-electron chi connectivity index (χ4n) is 3.02. The van der Waals surface area contributed by atoms with Gasteiger partial charge in [-0.1, -0.05) is 12.1 Å². The second kappa shape index (κ2) is 9.00. The maximum absolute atomic E-state index is 12.7. The summed E-state index contributed by atoms with van der Waals surface area (Å²) in [6.45, 7) is 4.05. The molecule has 0 spiro atoms. The average Bonchev–Trinajstić information content (AvgIpc) is 2.92. The number of pyridine rings is 1. The first-order valence-corrected chi connectivity index (χ1v) is 10.2. The van der Waals surface area contributed by atoms with Crippen LogP contribution in [0.25, 0.3) is 0 Å². The number of carbonyl (C=O) groups is 3. The standard InChI is InChI=1S/C21H22N4O4S/c1-12-13(2)21(25(20(12)29)10-14-3-6-16(26)7-4-14)30-11-18(27)24-17-8-5-15(9-23-17)19(22)28/h3-9,21,26H,10-11H2,1-2H3,(H2,22,28)(H,23,24,27). The van der Waals surface area contributed by atoms with E-state index in [4.69, 9.17) is 5.73 Å². The van der Waals surface area contributed by atoms with Crippen molar-refractivity contribution < 1.29 is 19.5 Å². The van der Waals surface area contributed by atoms with Crippen molar-refractivity contribution >= 4 is 35.3 Å². The minimum atomic E-state index is -0.590. The van der Waals surface area contributed by atoms with Gasteiger partial charge in [-0.25, -0.2) is 4.98 Å². The number of nitrogens with zero attached hydrogens (tertiary/aromatic N) is 2. The molecule has 8 nitrogen and oxygen atoms in total. The summed E-state index contributed by atoms with van der Waals surface area (Å²) in [5.74, 6) is -0.327. The Morgan fingerprint density at radius 1 is 1.20 bits per heavy atom. The highest BCUT2D eigenvalue weighted by Crippen LogP contribution is 2.34. The van der Waals surface area contributed by atoms with Gasteiger partial charge in [0.05, 0.1) is 11.3 Å². The minimum Gasteiger partial charge on any atom is -0.508 e. The molecule has 3 rings (SSSR count). The molecule has 0 aliphatic carbocycles. The highest BCUT2D eigenvalue weighted by atomic mass is 32.2. The van der Waals surface area contributed by atoms with E-state index in [1.165, 1.54) is 30.1 Å². The zero-order chi connectivity index (χ0) is 21.8. The van der Waals surface area contributed by atoms with Gasteiger partial charge in [0, 0.05) is 18.3 Å². The molecule has 1 aliphatic heterocycles. The van der Waals surface area contributed by atoms with E-state index in [0.717, 1.165) is 11.1 Å². The number of nitrogens with one attached hydrogen (secondary N) is 1. The van der Waals surface area contributed by atoms with Crippen molar-refractivity contribution in [2.45, 2.75) is 25.8 Å². The Morgan fingerprint density at radius 3 is 2.50 bits per heavy atom. The number of aromatic nitrogens is 1. The molecule has 1 atom stereocenters. The minimum absolute atomic E-state index is 0.0674. The number of hydrogen-bond donors (Lipinski definition) is 3. The van der Waals surface area contributed by atoms with Crippen molar-refractivity contribution in [2.75, 3.05) is 11.1 Å². The normalized spacial score (nSPS) is 16.1. The highest BCUT2D eigenvalue weighted by molar-refractivity contribution is 8.00. The van der Waals surface area contributed by atoms with Gasteiger partial charge < -0.3 is 21.1 Å². The molecule has 1 aromatic heterocycles.